The van der Waals surface area contributed by atoms with Gasteiger partial charge < -0.3 is 19.4 Å². The second kappa shape index (κ2) is 9.82. The van der Waals surface area contributed by atoms with Crippen LogP contribution in [0.1, 0.15) is 30.9 Å². The second-order valence-electron chi connectivity index (χ2n) is 9.38. The molecule has 2 saturated heterocycles. The lowest BCUT2D eigenvalue weighted by atomic mass is 9.96. The highest BCUT2D eigenvalue weighted by atomic mass is 32.1. The van der Waals surface area contributed by atoms with E-state index in [1.165, 1.54) is 16.8 Å². The largest absolute Gasteiger partial charge is 0.494 e. The predicted molar refractivity (Wildman–Crippen MR) is 140 cm³/mol. The molecule has 7 heteroatoms. The van der Waals surface area contributed by atoms with E-state index in [9.17, 15) is 4.79 Å². The molecule has 2 aliphatic rings. The van der Waals surface area contributed by atoms with Gasteiger partial charge >= 0.3 is 0 Å². The minimum atomic E-state index is 0.0482. The fourth-order valence-corrected chi connectivity index (χ4v) is 6.17. The summed E-state index contributed by atoms with van der Waals surface area (Å²) in [4.78, 5) is 25.1. The van der Waals surface area contributed by atoms with Crippen LogP contribution in [0.4, 0.5) is 10.8 Å². The van der Waals surface area contributed by atoms with Crippen molar-refractivity contribution in [2.45, 2.75) is 33.6 Å². The summed E-state index contributed by atoms with van der Waals surface area (Å²) >= 11 is 1.70. The maximum atomic E-state index is 13.4. The summed E-state index contributed by atoms with van der Waals surface area (Å²) < 4.78 is 6.78. The van der Waals surface area contributed by atoms with Gasteiger partial charge in [-0.2, -0.15) is 0 Å². The molecule has 0 saturated carbocycles. The summed E-state index contributed by atoms with van der Waals surface area (Å²) in [6.07, 6.45) is 1.99. The number of piperazine rings is 1. The van der Waals surface area contributed by atoms with Gasteiger partial charge in [-0.25, -0.2) is 4.98 Å². The van der Waals surface area contributed by atoms with Crippen molar-refractivity contribution < 1.29 is 9.53 Å². The van der Waals surface area contributed by atoms with Gasteiger partial charge in [-0.1, -0.05) is 23.5 Å². The number of benzene rings is 2. The van der Waals surface area contributed by atoms with Crippen LogP contribution < -0.4 is 14.5 Å². The minimum absolute atomic E-state index is 0.0482. The molecule has 180 valence electrons. The zero-order chi connectivity index (χ0) is 23.7. The first-order valence-corrected chi connectivity index (χ1v) is 13.2. The molecule has 1 amide bonds. The van der Waals surface area contributed by atoms with Crippen LogP contribution in [0.3, 0.4) is 0 Å². The Morgan fingerprint density at radius 2 is 1.91 bits per heavy atom. The van der Waals surface area contributed by atoms with Gasteiger partial charge in [0.15, 0.2) is 5.13 Å². The Morgan fingerprint density at radius 3 is 2.71 bits per heavy atom. The molecule has 5 rings (SSSR count). The first-order valence-electron chi connectivity index (χ1n) is 12.4. The van der Waals surface area contributed by atoms with E-state index in [4.69, 9.17) is 9.72 Å². The molecule has 0 N–H and O–H groups in total. The number of fused-ring (bicyclic) bond motifs is 1. The van der Waals surface area contributed by atoms with Crippen molar-refractivity contribution >= 4 is 38.3 Å². The molecule has 1 unspecified atom stereocenters. The van der Waals surface area contributed by atoms with Gasteiger partial charge in [0, 0.05) is 45.0 Å². The number of ether oxygens (including phenoxy) is 1. The first kappa shape index (κ1) is 23.0. The number of rotatable bonds is 5. The number of carbonyl (C=O) groups excluding carboxylic acids is 1. The summed E-state index contributed by atoms with van der Waals surface area (Å²) in [6, 6.07) is 12.6. The molecule has 1 atom stereocenters. The summed E-state index contributed by atoms with van der Waals surface area (Å²) in [5.41, 5.74) is 4.97. The van der Waals surface area contributed by atoms with Gasteiger partial charge in [-0.05, 0) is 69.0 Å². The number of hydrogen-bond donors (Lipinski definition) is 0. The van der Waals surface area contributed by atoms with Crippen molar-refractivity contribution in [1.82, 2.24) is 9.88 Å². The number of aromatic nitrogens is 1. The monoisotopic (exact) mass is 478 g/mol. The second-order valence-corrected chi connectivity index (χ2v) is 10.4. The fourth-order valence-electron chi connectivity index (χ4n) is 5.14. The molecule has 1 aromatic heterocycles. The van der Waals surface area contributed by atoms with Crippen LogP contribution in [0.25, 0.3) is 10.2 Å². The molecule has 0 aliphatic carbocycles. The van der Waals surface area contributed by atoms with E-state index < -0.39 is 0 Å². The van der Waals surface area contributed by atoms with Crippen LogP contribution in [0.15, 0.2) is 36.4 Å². The standard InChI is InChI=1S/C27H34N4O2S/c1-4-33-22-10-11-23-25(17-22)34-27(28-23)31-12-6-8-21(18-31)26(32)30-15-13-29(14-16-30)24-9-5-7-19(2)20(24)3/h5,7,9-11,17,21H,4,6,8,12-16,18H2,1-3H3. The third kappa shape index (κ3) is 4.58. The zero-order valence-electron chi connectivity index (χ0n) is 20.4. The quantitative estimate of drug-likeness (QED) is 0.523. The average Bonchev–Trinajstić information content (AvgIpc) is 3.29. The van der Waals surface area contributed by atoms with Crippen LogP contribution in [-0.2, 0) is 4.79 Å². The molecule has 0 spiro atoms. The van der Waals surface area contributed by atoms with E-state index >= 15 is 0 Å². The van der Waals surface area contributed by atoms with Gasteiger partial charge in [0.1, 0.15) is 5.75 Å². The van der Waals surface area contributed by atoms with Gasteiger partial charge in [0.2, 0.25) is 5.91 Å². The number of nitrogens with zero attached hydrogens (tertiary/aromatic N) is 4. The molecule has 34 heavy (non-hydrogen) atoms. The maximum Gasteiger partial charge on any atom is 0.227 e. The SMILES string of the molecule is CCOc1ccc2nc(N3CCCC(C(=O)N4CCN(c5cccc(C)c5C)CC4)C3)sc2c1. The predicted octanol–water partition coefficient (Wildman–Crippen LogP) is 4.88. The molecule has 2 aliphatic heterocycles. The van der Waals surface area contributed by atoms with E-state index in [0.717, 1.165) is 73.2 Å². The van der Waals surface area contributed by atoms with E-state index in [1.807, 2.05) is 19.1 Å². The minimum Gasteiger partial charge on any atom is -0.494 e. The number of thiazole rings is 1. The van der Waals surface area contributed by atoms with E-state index in [-0.39, 0.29) is 5.92 Å². The molecule has 3 heterocycles. The van der Waals surface area contributed by atoms with Crippen LogP contribution in [-0.4, -0.2) is 61.7 Å². The third-order valence-corrected chi connectivity index (χ3v) is 8.29. The van der Waals surface area contributed by atoms with Crippen molar-refractivity contribution in [3.05, 3.63) is 47.5 Å². The van der Waals surface area contributed by atoms with Crippen LogP contribution in [0.2, 0.25) is 0 Å². The lowest BCUT2D eigenvalue weighted by Gasteiger charge is -2.40. The van der Waals surface area contributed by atoms with Crippen molar-refractivity contribution in [2.75, 3.05) is 55.7 Å². The van der Waals surface area contributed by atoms with E-state index in [1.54, 1.807) is 11.3 Å². The molecular weight excluding hydrogens is 444 g/mol. The number of carbonyl (C=O) groups is 1. The summed E-state index contributed by atoms with van der Waals surface area (Å²) in [6.45, 7) is 12.1. The molecule has 3 aromatic rings. The number of amides is 1. The van der Waals surface area contributed by atoms with Crippen molar-refractivity contribution in [3.8, 4) is 5.75 Å². The summed E-state index contributed by atoms with van der Waals surface area (Å²) in [7, 11) is 0. The summed E-state index contributed by atoms with van der Waals surface area (Å²) in [5, 5.41) is 1.01. The average molecular weight is 479 g/mol. The Balaban J connectivity index is 1.22. The first-order chi connectivity index (χ1) is 16.5. The van der Waals surface area contributed by atoms with Gasteiger partial charge in [-0.3, -0.25) is 4.79 Å². The molecular formula is C27H34N4O2S. The van der Waals surface area contributed by atoms with E-state index in [0.29, 0.717) is 12.5 Å². The maximum absolute atomic E-state index is 13.4. The molecule has 6 nitrogen and oxygen atoms in total. The van der Waals surface area contributed by atoms with Crippen molar-refractivity contribution in [2.24, 2.45) is 5.92 Å². The number of aryl methyl sites for hydroxylation is 1. The number of piperidine rings is 1. The van der Waals surface area contributed by atoms with Gasteiger partial charge in [-0.15, -0.1) is 0 Å². The van der Waals surface area contributed by atoms with Crippen LogP contribution in [0, 0.1) is 19.8 Å². The van der Waals surface area contributed by atoms with Crippen LogP contribution in [0.5, 0.6) is 5.75 Å². The molecule has 0 radical (unpaired) electrons. The van der Waals surface area contributed by atoms with Gasteiger partial charge in [0.05, 0.1) is 22.7 Å². The Hall–Kier alpha value is -2.80. The van der Waals surface area contributed by atoms with Crippen molar-refractivity contribution in [1.29, 1.82) is 0 Å². The number of hydrogen-bond acceptors (Lipinski definition) is 6. The topological polar surface area (TPSA) is 48.9 Å². The van der Waals surface area contributed by atoms with E-state index in [2.05, 4.69) is 52.8 Å². The van der Waals surface area contributed by atoms with Gasteiger partial charge in [0.25, 0.3) is 0 Å². The van der Waals surface area contributed by atoms with Crippen molar-refractivity contribution in [3.63, 3.8) is 0 Å². The smallest absolute Gasteiger partial charge is 0.227 e. The normalized spacial score (nSPS) is 19.0. The van der Waals surface area contributed by atoms with Crippen LogP contribution >= 0.6 is 11.3 Å². The Labute approximate surface area is 206 Å². The lowest BCUT2D eigenvalue weighted by Crippen LogP contribution is -2.52. The Morgan fingerprint density at radius 1 is 1.09 bits per heavy atom. The fraction of sp³-hybridized carbons (Fsp3) is 0.481. The lowest BCUT2D eigenvalue weighted by molar-refractivity contribution is -0.136. The Bertz CT molecular complexity index is 1170. The summed E-state index contributed by atoms with van der Waals surface area (Å²) in [5.74, 6) is 1.24. The number of anilines is 2. The highest BCUT2D eigenvalue weighted by Crippen LogP contribution is 2.34. The third-order valence-electron chi connectivity index (χ3n) is 7.21. The molecule has 2 aromatic carbocycles. The Kier molecular flexibility index (Phi) is 6.63. The molecule has 0 bridgehead atoms. The molecule has 2 fully saturated rings. The highest BCUT2D eigenvalue weighted by Gasteiger charge is 2.32. The zero-order valence-corrected chi connectivity index (χ0v) is 21.2. The highest BCUT2D eigenvalue weighted by molar-refractivity contribution is 7.22.